The average Bonchev–Trinajstić information content (AvgIpc) is 3.01. The fourth-order valence-corrected chi connectivity index (χ4v) is 5.02. The summed E-state index contributed by atoms with van der Waals surface area (Å²) in [6.07, 6.45) is 0.732. The highest BCUT2D eigenvalue weighted by molar-refractivity contribution is 7.91. The molecule has 1 aliphatic rings. The lowest BCUT2D eigenvalue weighted by Gasteiger charge is -2.23. The summed E-state index contributed by atoms with van der Waals surface area (Å²) in [4.78, 5) is 2.14. The Kier molecular flexibility index (Phi) is 4.29. The van der Waals surface area contributed by atoms with Gasteiger partial charge in [-0.25, -0.2) is 13.1 Å². The third kappa shape index (κ3) is 3.64. The van der Waals surface area contributed by atoms with Gasteiger partial charge in [0.15, 0.2) is 9.84 Å². The lowest BCUT2D eigenvalue weighted by molar-refractivity contribution is 0.254. The summed E-state index contributed by atoms with van der Waals surface area (Å²) in [6, 6.07) is 10.5. The van der Waals surface area contributed by atoms with Crippen molar-refractivity contribution in [2.45, 2.75) is 32.9 Å². The summed E-state index contributed by atoms with van der Waals surface area (Å²) in [6.45, 7) is 4.77. The molecule has 1 aromatic heterocycles. The third-order valence-corrected chi connectivity index (χ3v) is 6.18. The van der Waals surface area contributed by atoms with Gasteiger partial charge in [-0.3, -0.25) is 4.90 Å². The van der Waals surface area contributed by atoms with Crippen LogP contribution >= 0.6 is 0 Å². The summed E-state index contributed by atoms with van der Waals surface area (Å²) in [5.74, 6) is 0.592. The first-order chi connectivity index (χ1) is 10.8. The van der Waals surface area contributed by atoms with Crippen LogP contribution in [0.3, 0.4) is 0 Å². The second kappa shape index (κ2) is 6.09. The second-order valence-corrected chi connectivity index (χ2v) is 8.71. The largest absolute Gasteiger partial charge is 0.298 e. The molecule has 0 aliphatic carbocycles. The summed E-state index contributed by atoms with van der Waals surface area (Å²) < 4.78 is 25.2. The smallest absolute Gasteiger partial charge is 0.151 e. The van der Waals surface area contributed by atoms with Gasteiger partial charge in [-0.15, -0.1) is 0 Å². The summed E-state index contributed by atoms with van der Waals surface area (Å²) in [5.41, 5.74) is 4.32. The van der Waals surface area contributed by atoms with Gasteiger partial charge in [0.2, 0.25) is 0 Å². The number of nitrogens with zero attached hydrogens (tertiary/aromatic N) is 3. The monoisotopic (exact) mass is 333 g/mol. The molecule has 1 aliphatic heterocycles. The van der Waals surface area contributed by atoms with Crippen LogP contribution in [0.5, 0.6) is 0 Å². The van der Waals surface area contributed by atoms with Crippen molar-refractivity contribution in [2.24, 2.45) is 0 Å². The molecule has 0 amide bonds. The minimum Gasteiger partial charge on any atom is -0.298 e. The van der Waals surface area contributed by atoms with E-state index in [4.69, 9.17) is 0 Å². The van der Waals surface area contributed by atoms with E-state index in [0.717, 1.165) is 30.0 Å². The van der Waals surface area contributed by atoms with Crippen molar-refractivity contribution in [1.82, 2.24) is 14.7 Å². The highest BCUT2D eigenvalue weighted by Crippen LogP contribution is 2.20. The molecule has 0 N–H and O–H groups in total. The molecule has 0 radical (unpaired) electrons. The van der Waals surface area contributed by atoms with Gasteiger partial charge in [0.05, 0.1) is 22.9 Å². The Balaban J connectivity index is 1.77. The predicted molar refractivity (Wildman–Crippen MR) is 91.6 cm³/mol. The van der Waals surface area contributed by atoms with Crippen LogP contribution in [0.4, 0.5) is 0 Å². The fraction of sp³-hybridized carbons (Fsp3) is 0.471. The number of hydrogen-bond acceptors (Lipinski definition) is 4. The molecule has 6 heteroatoms. The van der Waals surface area contributed by atoms with Crippen LogP contribution in [-0.2, 0) is 16.4 Å². The molecule has 23 heavy (non-hydrogen) atoms. The number of sulfone groups is 1. The molecule has 1 unspecified atom stereocenters. The number of hydrogen-bond donors (Lipinski definition) is 0. The molecular weight excluding hydrogens is 310 g/mol. The zero-order valence-electron chi connectivity index (χ0n) is 13.9. The molecule has 124 valence electrons. The summed E-state index contributed by atoms with van der Waals surface area (Å²) in [7, 11) is -0.841. The lowest BCUT2D eigenvalue weighted by atomic mass is 10.1. The van der Waals surface area contributed by atoms with Gasteiger partial charge in [-0.1, -0.05) is 12.1 Å². The van der Waals surface area contributed by atoms with E-state index >= 15 is 0 Å². The summed E-state index contributed by atoms with van der Waals surface area (Å²) in [5, 5.41) is 4.52. The van der Waals surface area contributed by atoms with E-state index in [-0.39, 0.29) is 11.8 Å². The minimum absolute atomic E-state index is 0.123. The molecule has 1 saturated heterocycles. The Morgan fingerprint density at radius 1 is 1.30 bits per heavy atom. The van der Waals surface area contributed by atoms with Crippen molar-refractivity contribution >= 4 is 9.84 Å². The van der Waals surface area contributed by atoms with E-state index in [1.54, 1.807) is 0 Å². The zero-order chi connectivity index (χ0) is 16.6. The first-order valence-electron chi connectivity index (χ1n) is 7.87. The van der Waals surface area contributed by atoms with Crippen LogP contribution in [0.1, 0.15) is 23.4 Å². The van der Waals surface area contributed by atoms with Gasteiger partial charge in [0.25, 0.3) is 0 Å². The first-order valence-corrected chi connectivity index (χ1v) is 9.69. The molecule has 5 nitrogen and oxygen atoms in total. The Morgan fingerprint density at radius 2 is 2.09 bits per heavy atom. The maximum Gasteiger partial charge on any atom is 0.151 e. The van der Waals surface area contributed by atoms with Crippen LogP contribution in [0, 0.1) is 13.8 Å². The zero-order valence-corrected chi connectivity index (χ0v) is 14.7. The highest BCUT2D eigenvalue weighted by atomic mass is 32.2. The number of aromatic nitrogens is 2. The van der Waals surface area contributed by atoms with E-state index < -0.39 is 9.84 Å². The Labute approximate surface area is 137 Å². The molecule has 1 fully saturated rings. The molecule has 0 bridgehead atoms. The van der Waals surface area contributed by atoms with Crippen LogP contribution in [0.2, 0.25) is 0 Å². The standard InChI is InChI=1S/C17H23N3O2S/c1-13-9-14(2)20(18-13)16-6-4-5-15(10-16)11-19(3)17-7-8-23(21,22)12-17/h4-6,9-10,17H,7-8,11-12H2,1-3H3. The number of rotatable bonds is 4. The van der Waals surface area contributed by atoms with Crippen LogP contribution in [0.25, 0.3) is 5.69 Å². The van der Waals surface area contributed by atoms with Crippen molar-refractivity contribution in [2.75, 3.05) is 18.6 Å². The lowest BCUT2D eigenvalue weighted by Crippen LogP contribution is -2.32. The Morgan fingerprint density at radius 3 is 2.70 bits per heavy atom. The van der Waals surface area contributed by atoms with Gasteiger partial charge in [-0.2, -0.15) is 5.10 Å². The van der Waals surface area contributed by atoms with Crippen molar-refractivity contribution in [3.05, 3.63) is 47.3 Å². The van der Waals surface area contributed by atoms with E-state index in [1.165, 1.54) is 5.56 Å². The first kappa shape index (κ1) is 16.2. The van der Waals surface area contributed by atoms with Crippen LogP contribution in [-0.4, -0.2) is 47.7 Å². The maximum absolute atomic E-state index is 11.6. The molecule has 1 atom stereocenters. The molecular formula is C17H23N3O2S. The van der Waals surface area contributed by atoms with Gasteiger partial charge in [0, 0.05) is 18.3 Å². The number of benzene rings is 1. The van der Waals surface area contributed by atoms with Crippen molar-refractivity contribution in [3.63, 3.8) is 0 Å². The van der Waals surface area contributed by atoms with E-state index in [0.29, 0.717) is 5.75 Å². The SMILES string of the molecule is Cc1cc(C)n(-c2cccc(CN(C)C3CCS(=O)(=O)C3)c2)n1. The van der Waals surface area contributed by atoms with E-state index in [1.807, 2.05) is 37.7 Å². The van der Waals surface area contributed by atoms with Crippen molar-refractivity contribution in [1.29, 1.82) is 0 Å². The van der Waals surface area contributed by atoms with Gasteiger partial charge < -0.3 is 0 Å². The minimum atomic E-state index is -2.84. The normalized spacial score (nSPS) is 20.3. The van der Waals surface area contributed by atoms with Gasteiger partial charge in [0.1, 0.15) is 0 Å². The molecule has 1 aromatic carbocycles. The third-order valence-electron chi connectivity index (χ3n) is 4.43. The molecule has 2 heterocycles. The van der Waals surface area contributed by atoms with Crippen molar-refractivity contribution in [3.8, 4) is 5.69 Å². The topological polar surface area (TPSA) is 55.2 Å². The molecule has 3 rings (SSSR count). The summed E-state index contributed by atoms with van der Waals surface area (Å²) >= 11 is 0. The van der Waals surface area contributed by atoms with Crippen LogP contribution in [0.15, 0.2) is 30.3 Å². The maximum atomic E-state index is 11.6. The van der Waals surface area contributed by atoms with Crippen LogP contribution < -0.4 is 0 Å². The molecule has 2 aromatic rings. The van der Waals surface area contributed by atoms with Gasteiger partial charge >= 0.3 is 0 Å². The Bertz CT molecular complexity index is 811. The van der Waals surface area contributed by atoms with E-state index in [2.05, 4.69) is 28.2 Å². The second-order valence-electron chi connectivity index (χ2n) is 6.48. The van der Waals surface area contributed by atoms with E-state index in [9.17, 15) is 8.42 Å². The predicted octanol–water partition coefficient (Wildman–Crippen LogP) is 2.11. The highest BCUT2D eigenvalue weighted by Gasteiger charge is 2.30. The molecule has 0 saturated carbocycles. The quantitative estimate of drug-likeness (QED) is 0.860. The van der Waals surface area contributed by atoms with Gasteiger partial charge in [-0.05, 0) is 51.1 Å². The number of aryl methyl sites for hydroxylation is 2. The Hall–Kier alpha value is -1.66. The fourth-order valence-electron chi connectivity index (χ4n) is 3.22. The van der Waals surface area contributed by atoms with Crippen molar-refractivity contribution < 1.29 is 8.42 Å². The molecule has 0 spiro atoms. The average molecular weight is 333 g/mol.